The fraction of sp³-hybridized carbons (Fsp3) is 0.200. The number of hydrazine groups is 1. The summed E-state index contributed by atoms with van der Waals surface area (Å²) in [5.74, 6) is -3.22. The number of carbonyl (C=O) groups is 4. The lowest BCUT2D eigenvalue weighted by molar-refractivity contribution is -0.255. The smallest absolute Gasteiger partial charge is 0.270 e. The van der Waals surface area contributed by atoms with Crippen LogP contribution >= 0.6 is 0 Å². The van der Waals surface area contributed by atoms with Gasteiger partial charge in [-0.05, 0) is 31.5 Å². The van der Waals surface area contributed by atoms with Crippen LogP contribution in [0.4, 0.5) is 5.69 Å². The van der Waals surface area contributed by atoms with Crippen molar-refractivity contribution in [2.75, 3.05) is 5.32 Å². The lowest BCUT2D eigenvalue weighted by atomic mass is 10.1. The molecule has 0 saturated carbocycles. The van der Waals surface area contributed by atoms with E-state index in [1.54, 1.807) is 6.07 Å². The Balaban J connectivity index is 1.82. The van der Waals surface area contributed by atoms with E-state index in [2.05, 4.69) is 16.2 Å². The van der Waals surface area contributed by atoms with Gasteiger partial charge in [-0.1, -0.05) is 35.9 Å². The van der Waals surface area contributed by atoms with Gasteiger partial charge in [0.2, 0.25) is 11.8 Å². The van der Waals surface area contributed by atoms with Crippen LogP contribution in [0.2, 0.25) is 0 Å². The zero-order valence-electron chi connectivity index (χ0n) is 15.5. The number of carboxylic acids is 1. The van der Waals surface area contributed by atoms with Gasteiger partial charge in [-0.2, -0.15) is 0 Å². The summed E-state index contributed by atoms with van der Waals surface area (Å²) in [6, 6.07) is 11.1. The molecule has 2 aromatic carbocycles. The number of rotatable bonds is 6. The van der Waals surface area contributed by atoms with Crippen LogP contribution in [0.3, 0.4) is 0 Å². The van der Waals surface area contributed by atoms with E-state index in [1.165, 1.54) is 24.3 Å². The zero-order chi connectivity index (χ0) is 20.7. The molecule has 0 spiro atoms. The topological polar surface area (TPSA) is 127 Å². The Morgan fingerprint density at radius 3 is 2.14 bits per heavy atom. The number of nitrogens with one attached hydrogen (secondary N) is 3. The molecule has 0 aromatic heterocycles. The third kappa shape index (κ3) is 5.66. The maximum absolute atomic E-state index is 12.0. The van der Waals surface area contributed by atoms with Crippen LogP contribution in [0.15, 0.2) is 42.5 Å². The Bertz CT molecular complexity index is 924. The second kappa shape index (κ2) is 9.31. The largest absolute Gasteiger partial charge is 0.545 e. The Labute approximate surface area is 161 Å². The standard InChI is InChI=1S/C20H21N3O5/c1-12-7-8-16(13(2)11-12)21-17(24)9-10-18(25)22-23-19(26)14-5-3-4-6-15(14)20(27)28/h3-8,11H,9-10H2,1-2H3,(H,21,24)(H,22,25)(H,23,26)(H,27,28)/p-1. The molecule has 0 radical (unpaired) electrons. The van der Waals surface area contributed by atoms with Gasteiger partial charge in [-0.15, -0.1) is 0 Å². The van der Waals surface area contributed by atoms with Crippen LogP contribution < -0.4 is 21.3 Å². The van der Waals surface area contributed by atoms with Gasteiger partial charge < -0.3 is 15.2 Å². The molecule has 0 aliphatic rings. The second-order valence-corrected chi connectivity index (χ2v) is 6.20. The molecule has 8 nitrogen and oxygen atoms in total. The number of carboxylic acid groups (broad SMARTS) is 1. The Morgan fingerprint density at radius 2 is 1.50 bits per heavy atom. The quantitative estimate of drug-likeness (QED) is 0.638. The summed E-state index contributed by atoms with van der Waals surface area (Å²) in [5, 5.41) is 13.7. The number of benzene rings is 2. The number of hydrogen-bond acceptors (Lipinski definition) is 5. The third-order valence-corrected chi connectivity index (χ3v) is 3.94. The summed E-state index contributed by atoms with van der Waals surface area (Å²) in [7, 11) is 0. The Hall–Kier alpha value is -3.68. The van der Waals surface area contributed by atoms with Crippen molar-refractivity contribution in [3.8, 4) is 0 Å². The van der Waals surface area contributed by atoms with Crippen molar-refractivity contribution >= 4 is 29.4 Å². The van der Waals surface area contributed by atoms with Crippen molar-refractivity contribution in [2.45, 2.75) is 26.7 Å². The fourth-order valence-electron chi connectivity index (χ4n) is 2.51. The first-order chi connectivity index (χ1) is 13.3. The summed E-state index contributed by atoms with van der Waals surface area (Å²) in [6.45, 7) is 3.82. The monoisotopic (exact) mass is 382 g/mol. The van der Waals surface area contributed by atoms with Crippen LogP contribution in [0.25, 0.3) is 0 Å². The maximum atomic E-state index is 12.0. The molecular weight excluding hydrogens is 362 g/mol. The van der Waals surface area contributed by atoms with Crippen LogP contribution in [-0.4, -0.2) is 23.7 Å². The van der Waals surface area contributed by atoms with Gasteiger partial charge >= 0.3 is 0 Å². The number of anilines is 1. The summed E-state index contributed by atoms with van der Waals surface area (Å²) in [5.41, 5.74) is 6.50. The highest BCUT2D eigenvalue weighted by Crippen LogP contribution is 2.16. The van der Waals surface area contributed by atoms with Crippen molar-refractivity contribution in [3.05, 3.63) is 64.7 Å². The van der Waals surface area contributed by atoms with E-state index in [9.17, 15) is 24.3 Å². The van der Waals surface area contributed by atoms with E-state index >= 15 is 0 Å². The Morgan fingerprint density at radius 1 is 0.857 bits per heavy atom. The van der Waals surface area contributed by atoms with E-state index < -0.39 is 17.8 Å². The van der Waals surface area contributed by atoms with Gasteiger partial charge in [0.05, 0.1) is 11.5 Å². The van der Waals surface area contributed by atoms with Crippen molar-refractivity contribution in [1.82, 2.24) is 10.9 Å². The molecule has 0 aliphatic heterocycles. The van der Waals surface area contributed by atoms with E-state index in [0.717, 1.165) is 11.1 Å². The lowest BCUT2D eigenvalue weighted by Gasteiger charge is -2.12. The minimum atomic E-state index is -1.50. The summed E-state index contributed by atoms with van der Waals surface area (Å²) in [4.78, 5) is 46.8. The van der Waals surface area contributed by atoms with E-state index in [-0.39, 0.29) is 29.9 Å². The first kappa shape index (κ1) is 20.6. The first-order valence-corrected chi connectivity index (χ1v) is 8.54. The maximum Gasteiger partial charge on any atom is 0.270 e. The van der Waals surface area contributed by atoms with Gasteiger partial charge in [0.25, 0.3) is 5.91 Å². The summed E-state index contributed by atoms with van der Waals surface area (Å²) >= 11 is 0. The number of hydrogen-bond donors (Lipinski definition) is 3. The van der Waals surface area contributed by atoms with Crippen molar-refractivity contribution < 1.29 is 24.3 Å². The molecule has 0 bridgehead atoms. The summed E-state index contributed by atoms with van der Waals surface area (Å²) < 4.78 is 0. The molecule has 0 fully saturated rings. The van der Waals surface area contributed by atoms with Crippen LogP contribution in [0, 0.1) is 13.8 Å². The molecule has 8 heteroatoms. The first-order valence-electron chi connectivity index (χ1n) is 8.54. The number of carbonyl (C=O) groups excluding carboxylic acids is 4. The average Bonchev–Trinajstić information content (AvgIpc) is 2.66. The number of amides is 3. The molecule has 2 rings (SSSR count). The molecule has 0 aliphatic carbocycles. The molecule has 3 amide bonds. The highest BCUT2D eigenvalue weighted by Gasteiger charge is 2.13. The van der Waals surface area contributed by atoms with E-state index in [4.69, 9.17) is 0 Å². The normalized spacial score (nSPS) is 10.1. The number of aromatic carboxylic acids is 1. The minimum absolute atomic E-state index is 0.0787. The van der Waals surface area contributed by atoms with Crippen molar-refractivity contribution in [1.29, 1.82) is 0 Å². The van der Waals surface area contributed by atoms with Crippen molar-refractivity contribution in [2.24, 2.45) is 0 Å². The molecule has 146 valence electrons. The van der Waals surface area contributed by atoms with Gasteiger partial charge in [0.15, 0.2) is 0 Å². The molecule has 0 unspecified atom stereocenters. The molecule has 3 N–H and O–H groups in total. The second-order valence-electron chi connectivity index (χ2n) is 6.20. The van der Waals surface area contributed by atoms with E-state index in [0.29, 0.717) is 5.69 Å². The van der Waals surface area contributed by atoms with Crippen molar-refractivity contribution in [3.63, 3.8) is 0 Å². The minimum Gasteiger partial charge on any atom is -0.545 e. The molecule has 0 atom stereocenters. The molecule has 0 heterocycles. The predicted octanol–water partition coefficient (Wildman–Crippen LogP) is 0.847. The third-order valence-electron chi connectivity index (χ3n) is 3.94. The van der Waals surface area contributed by atoms with Crippen LogP contribution in [0.1, 0.15) is 44.7 Å². The lowest BCUT2D eigenvalue weighted by Crippen LogP contribution is -2.42. The highest BCUT2D eigenvalue weighted by atomic mass is 16.4. The van der Waals surface area contributed by atoms with Gasteiger partial charge in [-0.25, -0.2) is 0 Å². The Kier molecular flexibility index (Phi) is 6.86. The van der Waals surface area contributed by atoms with Crippen LogP contribution in [0.5, 0.6) is 0 Å². The van der Waals surface area contributed by atoms with E-state index in [1.807, 2.05) is 26.0 Å². The molecule has 0 saturated heterocycles. The molecule has 28 heavy (non-hydrogen) atoms. The SMILES string of the molecule is Cc1ccc(NC(=O)CCC(=O)NNC(=O)c2ccccc2C(=O)[O-])c(C)c1. The van der Waals surface area contributed by atoms with Crippen LogP contribution in [-0.2, 0) is 9.59 Å². The zero-order valence-corrected chi connectivity index (χ0v) is 15.5. The number of aryl methyl sites for hydroxylation is 2. The fourth-order valence-corrected chi connectivity index (χ4v) is 2.51. The molecule has 2 aromatic rings. The van der Waals surface area contributed by atoms with Gasteiger partial charge in [0, 0.05) is 24.1 Å². The van der Waals surface area contributed by atoms with Gasteiger partial charge in [-0.3, -0.25) is 25.2 Å². The predicted molar refractivity (Wildman–Crippen MR) is 100 cm³/mol. The summed E-state index contributed by atoms with van der Waals surface area (Å²) in [6.07, 6.45) is -0.232. The van der Waals surface area contributed by atoms with Gasteiger partial charge in [0.1, 0.15) is 0 Å². The highest BCUT2D eigenvalue weighted by molar-refractivity contribution is 6.04. The molecular formula is C20H20N3O5-. The average molecular weight is 382 g/mol.